The van der Waals surface area contributed by atoms with E-state index in [9.17, 15) is 4.79 Å². The van der Waals surface area contributed by atoms with Crippen LogP contribution in [0.2, 0.25) is 0 Å². The SMILES string of the molecule is CCCCCCc1cc2c(cc1C#Cc1ccc(CC(=O)O)cn1)C(C)(C)CCO2. The zero-order valence-corrected chi connectivity index (χ0v) is 18.3. The summed E-state index contributed by atoms with van der Waals surface area (Å²) in [6, 6.07) is 7.96. The number of hydrogen-bond donors (Lipinski definition) is 1. The average Bonchev–Trinajstić information content (AvgIpc) is 2.70. The number of unbranched alkanes of at least 4 members (excludes halogenated alkanes) is 3. The molecule has 0 spiro atoms. The minimum absolute atomic E-state index is 0.0253. The third-order valence-corrected chi connectivity index (χ3v) is 5.72. The molecule has 158 valence electrons. The monoisotopic (exact) mass is 405 g/mol. The van der Waals surface area contributed by atoms with Crippen molar-refractivity contribution in [3.63, 3.8) is 0 Å². The molecule has 0 saturated carbocycles. The molecule has 3 rings (SSSR count). The number of aryl methyl sites for hydroxylation is 1. The normalized spacial score (nSPS) is 14.2. The number of aromatic nitrogens is 1. The molecule has 0 saturated heterocycles. The van der Waals surface area contributed by atoms with Crippen molar-refractivity contribution in [3.8, 4) is 17.6 Å². The van der Waals surface area contributed by atoms with Crippen molar-refractivity contribution in [2.24, 2.45) is 0 Å². The minimum Gasteiger partial charge on any atom is -0.493 e. The first kappa shape index (κ1) is 21.9. The van der Waals surface area contributed by atoms with E-state index >= 15 is 0 Å². The highest BCUT2D eigenvalue weighted by atomic mass is 16.5. The van der Waals surface area contributed by atoms with Crippen molar-refractivity contribution in [1.82, 2.24) is 4.98 Å². The molecular weight excluding hydrogens is 374 g/mol. The van der Waals surface area contributed by atoms with Crippen LogP contribution in [0.15, 0.2) is 30.5 Å². The summed E-state index contributed by atoms with van der Waals surface area (Å²) < 4.78 is 5.98. The van der Waals surface area contributed by atoms with Crippen LogP contribution in [0, 0.1) is 11.8 Å². The van der Waals surface area contributed by atoms with E-state index in [-0.39, 0.29) is 11.8 Å². The summed E-state index contributed by atoms with van der Waals surface area (Å²) >= 11 is 0. The molecule has 0 atom stereocenters. The Balaban J connectivity index is 1.90. The van der Waals surface area contributed by atoms with Crippen LogP contribution in [0.1, 0.15) is 80.8 Å². The number of carboxylic acid groups (broad SMARTS) is 1. The molecule has 1 aliphatic rings. The summed E-state index contributed by atoms with van der Waals surface area (Å²) in [4.78, 5) is 15.2. The van der Waals surface area contributed by atoms with E-state index in [4.69, 9.17) is 9.84 Å². The Morgan fingerprint density at radius 3 is 2.73 bits per heavy atom. The fourth-order valence-electron chi connectivity index (χ4n) is 3.80. The molecular formula is C26H31NO3. The number of hydrogen-bond acceptors (Lipinski definition) is 3. The maximum Gasteiger partial charge on any atom is 0.307 e. The standard InChI is InChI=1S/C26H31NO3/c1-4-5-6-7-8-20-17-24-23(26(2,3)13-14-30-24)16-21(20)10-12-22-11-9-19(18-27-22)15-25(28)29/h9,11,16-18H,4-8,13-15H2,1-3H3,(H,28,29). The average molecular weight is 406 g/mol. The van der Waals surface area contributed by atoms with Crippen LogP contribution in [0.25, 0.3) is 0 Å². The van der Waals surface area contributed by atoms with E-state index in [0.29, 0.717) is 11.3 Å². The third-order valence-electron chi connectivity index (χ3n) is 5.72. The van der Waals surface area contributed by atoms with E-state index in [0.717, 1.165) is 37.2 Å². The number of fused-ring (bicyclic) bond motifs is 1. The summed E-state index contributed by atoms with van der Waals surface area (Å²) in [6.45, 7) is 7.50. The molecule has 4 heteroatoms. The van der Waals surface area contributed by atoms with Crippen molar-refractivity contribution in [2.45, 2.75) is 71.1 Å². The summed E-state index contributed by atoms with van der Waals surface area (Å²) in [6.07, 6.45) is 8.39. The Labute approximate surface area is 179 Å². The lowest BCUT2D eigenvalue weighted by molar-refractivity contribution is -0.136. The van der Waals surface area contributed by atoms with Gasteiger partial charge >= 0.3 is 5.97 Å². The van der Waals surface area contributed by atoms with Crippen LogP contribution in [0.4, 0.5) is 0 Å². The van der Waals surface area contributed by atoms with Gasteiger partial charge < -0.3 is 9.84 Å². The first-order chi connectivity index (χ1) is 14.4. The van der Waals surface area contributed by atoms with Crippen molar-refractivity contribution in [1.29, 1.82) is 0 Å². The Hall–Kier alpha value is -2.80. The molecule has 1 aromatic heterocycles. The molecule has 1 aliphatic heterocycles. The van der Waals surface area contributed by atoms with Gasteiger partial charge in [-0.15, -0.1) is 0 Å². The molecule has 1 aromatic carbocycles. The third kappa shape index (κ3) is 5.63. The Morgan fingerprint density at radius 1 is 1.20 bits per heavy atom. The molecule has 2 heterocycles. The summed E-state index contributed by atoms with van der Waals surface area (Å²) in [5.74, 6) is 6.64. The number of nitrogens with zero attached hydrogens (tertiary/aromatic N) is 1. The number of pyridine rings is 1. The number of carbonyl (C=O) groups is 1. The smallest absolute Gasteiger partial charge is 0.307 e. The van der Waals surface area contributed by atoms with Gasteiger partial charge in [0.25, 0.3) is 0 Å². The van der Waals surface area contributed by atoms with Crippen molar-refractivity contribution < 1.29 is 14.6 Å². The molecule has 0 unspecified atom stereocenters. The molecule has 2 aromatic rings. The number of ether oxygens (including phenoxy) is 1. The van der Waals surface area contributed by atoms with Gasteiger partial charge in [-0.05, 0) is 59.9 Å². The molecule has 0 amide bonds. The minimum atomic E-state index is -0.859. The Morgan fingerprint density at radius 2 is 2.03 bits per heavy atom. The van der Waals surface area contributed by atoms with E-state index in [2.05, 4.69) is 49.7 Å². The van der Waals surface area contributed by atoms with E-state index in [1.807, 2.05) is 0 Å². The van der Waals surface area contributed by atoms with Crippen molar-refractivity contribution in [3.05, 3.63) is 58.4 Å². The Kier molecular flexibility index (Phi) is 7.15. The quantitative estimate of drug-likeness (QED) is 0.502. The van der Waals surface area contributed by atoms with Crippen LogP contribution in [0.5, 0.6) is 5.75 Å². The molecule has 1 N–H and O–H groups in total. The van der Waals surface area contributed by atoms with Gasteiger partial charge in [0.05, 0.1) is 13.0 Å². The zero-order chi connectivity index (χ0) is 21.6. The van der Waals surface area contributed by atoms with Gasteiger partial charge in [0.2, 0.25) is 0 Å². The summed E-state index contributed by atoms with van der Waals surface area (Å²) in [5.41, 5.74) is 4.89. The first-order valence-corrected chi connectivity index (χ1v) is 10.9. The van der Waals surface area contributed by atoms with Crippen LogP contribution < -0.4 is 4.74 Å². The second kappa shape index (κ2) is 9.80. The number of benzene rings is 1. The van der Waals surface area contributed by atoms with Crippen LogP contribution in [-0.4, -0.2) is 22.7 Å². The molecule has 0 radical (unpaired) electrons. The van der Waals surface area contributed by atoms with E-state index in [1.165, 1.54) is 30.4 Å². The van der Waals surface area contributed by atoms with E-state index in [1.54, 1.807) is 18.3 Å². The van der Waals surface area contributed by atoms with Gasteiger partial charge in [-0.1, -0.05) is 52.0 Å². The van der Waals surface area contributed by atoms with E-state index < -0.39 is 5.97 Å². The predicted octanol–water partition coefficient (Wildman–Crippen LogP) is 5.29. The maximum absolute atomic E-state index is 10.8. The first-order valence-electron chi connectivity index (χ1n) is 10.9. The fourth-order valence-corrected chi connectivity index (χ4v) is 3.80. The lowest BCUT2D eigenvalue weighted by Crippen LogP contribution is -2.27. The zero-order valence-electron chi connectivity index (χ0n) is 18.3. The van der Waals surface area contributed by atoms with Crippen LogP contribution in [0.3, 0.4) is 0 Å². The molecule has 4 nitrogen and oxygen atoms in total. The molecule has 0 fully saturated rings. The van der Waals surface area contributed by atoms with Gasteiger partial charge in [0, 0.05) is 17.3 Å². The predicted molar refractivity (Wildman–Crippen MR) is 119 cm³/mol. The number of aliphatic carboxylic acids is 1. The topological polar surface area (TPSA) is 59.4 Å². The highest BCUT2D eigenvalue weighted by Gasteiger charge is 2.29. The van der Waals surface area contributed by atoms with Gasteiger partial charge in [-0.3, -0.25) is 4.79 Å². The second-order valence-electron chi connectivity index (χ2n) is 8.67. The lowest BCUT2D eigenvalue weighted by atomic mass is 9.78. The molecule has 0 aliphatic carbocycles. The van der Waals surface area contributed by atoms with Gasteiger partial charge in [0.1, 0.15) is 11.4 Å². The van der Waals surface area contributed by atoms with Crippen molar-refractivity contribution >= 4 is 5.97 Å². The van der Waals surface area contributed by atoms with Gasteiger partial charge in [0.15, 0.2) is 0 Å². The lowest BCUT2D eigenvalue weighted by Gasteiger charge is -2.33. The summed E-state index contributed by atoms with van der Waals surface area (Å²) in [7, 11) is 0. The second-order valence-corrected chi connectivity index (χ2v) is 8.67. The van der Waals surface area contributed by atoms with Crippen molar-refractivity contribution in [2.75, 3.05) is 6.61 Å². The van der Waals surface area contributed by atoms with Gasteiger partial charge in [-0.25, -0.2) is 4.98 Å². The van der Waals surface area contributed by atoms with Crippen LogP contribution >= 0.6 is 0 Å². The largest absolute Gasteiger partial charge is 0.493 e. The number of rotatable bonds is 7. The fraction of sp³-hybridized carbons (Fsp3) is 0.462. The highest BCUT2D eigenvalue weighted by Crippen LogP contribution is 2.40. The maximum atomic E-state index is 10.8. The van der Waals surface area contributed by atoms with Crippen LogP contribution in [-0.2, 0) is 23.1 Å². The highest BCUT2D eigenvalue weighted by molar-refractivity contribution is 5.70. The molecule has 0 bridgehead atoms. The Bertz CT molecular complexity index is 949. The molecule has 30 heavy (non-hydrogen) atoms. The summed E-state index contributed by atoms with van der Waals surface area (Å²) in [5, 5.41) is 8.90. The number of carboxylic acids is 1. The van der Waals surface area contributed by atoms with Gasteiger partial charge in [-0.2, -0.15) is 0 Å².